The molecule has 0 fully saturated rings. The first-order valence-electron chi connectivity index (χ1n) is 4.56. The van der Waals surface area contributed by atoms with Crippen LogP contribution in [-0.4, -0.2) is 5.91 Å². The quantitative estimate of drug-likeness (QED) is 0.726. The first-order chi connectivity index (χ1) is 6.56. The number of benzene rings is 1. The summed E-state index contributed by atoms with van der Waals surface area (Å²) in [5, 5.41) is 2.87. The Kier molecular flexibility index (Phi) is 3.07. The Bertz CT molecular complexity index is 327. The lowest BCUT2D eigenvalue weighted by Crippen LogP contribution is -2.39. The van der Waals surface area contributed by atoms with Crippen LogP contribution in [0.4, 0.5) is 0 Å². The highest BCUT2D eigenvalue weighted by molar-refractivity contribution is 5.87. The topological polar surface area (TPSA) is 29.1 Å². The minimum absolute atomic E-state index is 0.154. The average molecular weight is 189 g/mol. The molecule has 1 aromatic rings. The number of amides is 1. The summed E-state index contributed by atoms with van der Waals surface area (Å²) in [6.45, 7) is 7.35. The molecule has 1 aromatic carbocycles. The summed E-state index contributed by atoms with van der Waals surface area (Å²) in [6.07, 6.45) is 1.28. The molecule has 0 unspecified atom stereocenters. The van der Waals surface area contributed by atoms with Gasteiger partial charge in [0.2, 0.25) is 5.91 Å². The molecule has 0 aliphatic rings. The van der Waals surface area contributed by atoms with E-state index in [0.717, 1.165) is 5.56 Å². The van der Waals surface area contributed by atoms with Crippen LogP contribution in [0.25, 0.3) is 0 Å². The number of hydrogen-bond donors (Lipinski definition) is 1. The Labute approximate surface area is 84.6 Å². The van der Waals surface area contributed by atoms with Crippen LogP contribution in [0.3, 0.4) is 0 Å². The molecule has 0 aromatic heterocycles. The fourth-order valence-electron chi connectivity index (χ4n) is 1.29. The van der Waals surface area contributed by atoms with Crippen LogP contribution in [0, 0.1) is 0 Å². The SMILES string of the molecule is C=CC(=O)NC(C)(C)c1ccccc1. The van der Waals surface area contributed by atoms with Crippen molar-refractivity contribution in [2.75, 3.05) is 0 Å². The molecule has 0 aliphatic heterocycles. The third-order valence-electron chi connectivity index (χ3n) is 2.12. The lowest BCUT2D eigenvalue weighted by atomic mass is 9.94. The third-order valence-corrected chi connectivity index (χ3v) is 2.12. The number of carbonyl (C=O) groups excluding carboxylic acids is 1. The summed E-state index contributed by atoms with van der Waals surface area (Å²) in [6, 6.07) is 9.84. The van der Waals surface area contributed by atoms with Crippen LogP contribution < -0.4 is 5.32 Å². The molecule has 2 nitrogen and oxygen atoms in total. The molecule has 1 N–H and O–H groups in total. The van der Waals surface area contributed by atoms with Crippen molar-refractivity contribution in [2.24, 2.45) is 0 Å². The monoisotopic (exact) mass is 189 g/mol. The van der Waals surface area contributed by atoms with Crippen molar-refractivity contribution < 1.29 is 4.79 Å². The van der Waals surface area contributed by atoms with Crippen molar-refractivity contribution in [3.8, 4) is 0 Å². The van der Waals surface area contributed by atoms with Crippen molar-refractivity contribution in [1.82, 2.24) is 5.32 Å². The van der Waals surface area contributed by atoms with Gasteiger partial charge in [0.15, 0.2) is 0 Å². The fraction of sp³-hybridized carbons (Fsp3) is 0.250. The number of hydrogen-bond acceptors (Lipinski definition) is 1. The second-order valence-corrected chi connectivity index (χ2v) is 3.68. The lowest BCUT2D eigenvalue weighted by Gasteiger charge is -2.26. The van der Waals surface area contributed by atoms with Gasteiger partial charge in [-0.15, -0.1) is 0 Å². The summed E-state index contributed by atoms with van der Waals surface area (Å²) >= 11 is 0. The van der Waals surface area contributed by atoms with Gasteiger partial charge in [-0.2, -0.15) is 0 Å². The summed E-state index contributed by atoms with van der Waals surface area (Å²) in [5.74, 6) is -0.154. The molecule has 14 heavy (non-hydrogen) atoms. The van der Waals surface area contributed by atoms with Gasteiger partial charge >= 0.3 is 0 Å². The average Bonchev–Trinajstić information content (AvgIpc) is 2.18. The van der Waals surface area contributed by atoms with Crippen molar-refractivity contribution in [2.45, 2.75) is 19.4 Å². The van der Waals surface area contributed by atoms with Gasteiger partial charge < -0.3 is 5.32 Å². The molecule has 2 heteroatoms. The maximum absolute atomic E-state index is 11.2. The van der Waals surface area contributed by atoms with Crippen molar-refractivity contribution in [3.63, 3.8) is 0 Å². The molecule has 1 rings (SSSR count). The van der Waals surface area contributed by atoms with Gasteiger partial charge in [-0.05, 0) is 25.5 Å². The van der Waals surface area contributed by atoms with Crippen molar-refractivity contribution in [3.05, 3.63) is 48.6 Å². The van der Waals surface area contributed by atoms with Crippen molar-refractivity contribution >= 4 is 5.91 Å². The number of nitrogens with one attached hydrogen (secondary N) is 1. The summed E-state index contributed by atoms with van der Waals surface area (Å²) in [7, 11) is 0. The van der Waals surface area contributed by atoms with Crippen LogP contribution in [-0.2, 0) is 10.3 Å². The molecule has 1 amide bonds. The second kappa shape index (κ2) is 4.09. The molecule has 0 spiro atoms. The van der Waals surface area contributed by atoms with E-state index in [4.69, 9.17) is 0 Å². The van der Waals surface area contributed by atoms with Gasteiger partial charge in [0.05, 0.1) is 5.54 Å². The highest BCUT2D eigenvalue weighted by Gasteiger charge is 2.20. The zero-order valence-corrected chi connectivity index (χ0v) is 8.58. The van der Waals surface area contributed by atoms with Crippen LogP contribution >= 0.6 is 0 Å². The van der Waals surface area contributed by atoms with E-state index in [9.17, 15) is 4.79 Å². The normalized spacial score (nSPS) is 10.7. The van der Waals surface area contributed by atoms with Gasteiger partial charge in [0.25, 0.3) is 0 Å². The van der Waals surface area contributed by atoms with Gasteiger partial charge in [-0.1, -0.05) is 36.9 Å². The predicted octanol–water partition coefficient (Wildman–Crippen LogP) is 2.22. The van der Waals surface area contributed by atoms with Crippen LogP contribution in [0.1, 0.15) is 19.4 Å². The summed E-state index contributed by atoms with van der Waals surface area (Å²) < 4.78 is 0. The van der Waals surface area contributed by atoms with Crippen LogP contribution in [0.15, 0.2) is 43.0 Å². The highest BCUT2D eigenvalue weighted by atomic mass is 16.1. The van der Waals surface area contributed by atoms with E-state index < -0.39 is 0 Å². The lowest BCUT2D eigenvalue weighted by molar-refractivity contribution is -0.118. The molecule has 0 heterocycles. The summed E-state index contributed by atoms with van der Waals surface area (Å²) in [4.78, 5) is 11.2. The van der Waals surface area contributed by atoms with Gasteiger partial charge in [-0.25, -0.2) is 0 Å². The van der Waals surface area contributed by atoms with E-state index >= 15 is 0 Å². The standard InChI is InChI=1S/C12H15NO/c1-4-11(14)13-12(2,3)10-8-6-5-7-9-10/h4-9H,1H2,2-3H3,(H,13,14). The Morgan fingerprint density at radius 3 is 2.43 bits per heavy atom. The molecule has 0 aliphatic carbocycles. The molecule has 0 bridgehead atoms. The Hall–Kier alpha value is -1.57. The maximum Gasteiger partial charge on any atom is 0.244 e. The minimum atomic E-state index is -0.355. The first-order valence-corrected chi connectivity index (χ1v) is 4.56. The minimum Gasteiger partial charge on any atom is -0.344 e. The molecule has 74 valence electrons. The van der Waals surface area contributed by atoms with Gasteiger partial charge in [-0.3, -0.25) is 4.79 Å². The Balaban J connectivity index is 2.85. The zero-order chi connectivity index (χ0) is 10.6. The Morgan fingerprint density at radius 1 is 1.36 bits per heavy atom. The highest BCUT2D eigenvalue weighted by Crippen LogP contribution is 2.18. The second-order valence-electron chi connectivity index (χ2n) is 3.68. The van der Waals surface area contributed by atoms with Crippen LogP contribution in [0.5, 0.6) is 0 Å². The molecule has 0 saturated heterocycles. The number of rotatable bonds is 3. The molecule has 0 radical (unpaired) electrons. The van der Waals surface area contributed by atoms with E-state index in [2.05, 4.69) is 11.9 Å². The zero-order valence-electron chi connectivity index (χ0n) is 8.58. The third kappa shape index (κ3) is 2.46. The van der Waals surface area contributed by atoms with Crippen LogP contribution in [0.2, 0.25) is 0 Å². The maximum atomic E-state index is 11.2. The smallest absolute Gasteiger partial charge is 0.244 e. The molecule has 0 atom stereocenters. The number of carbonyl (C=O) groups is 1. The fourth-order valence-corrected chi connectivity index (χ4v) is 1.29. The predicted molar refractivity (Wildman–Crippen MR) is 57.8 cm³/mol. The summed E-state index contributed by atoms with van der Waals surface area (Å²) in [5.41, 5.74) is 0.724. The van der Waals surface area contributed by atoms with Gasteiger partial charge in [0.1, 0.15) is 0 Å². The largest absolute Gasteiger partial charge is 0.344 e. The Morgan fingerprint density at radius 2 is 1.93 bits per heavy atom. The first kappa shape index (κ1) is 10.5. The van der Waals surface area contributed by atoms with Gasteiger partial charge in [0, 0.05) is 0 Å². The van der Waals surface area contributed by atoms with E-state index in [1.807, 2.05) is 44.2 Å². The van der Waals surface area contributed by atoms with E-state index in [1.165, 1.54) is 6.08 Å². The van der Waals surface area contributed by atoms with Crippen molar-refractivity contribution in [1.29, 1.82) is 0 Å². The molecular weight excluding hydrogens is 174 g/mol. The molecular formula is C12H15NO. The van der Waals surface area contributed by atoms with E-state index in [1.54, 1.807) is 0 Å². The van der Waals surface area contributed by atoms with E-state index in [0.29, 0.717) is 0 Å². The molecule has 0 saturated carbocycles. The van der Waals surface area contributed by atoms with E-state index in [-0.39, 0.29) is 11.4 Å².